The van der Waals surface area contributed by atoms with Crippen LogP contribution >= 0.6 is 11.6 Å². The number of aromatic nitrogens is 1. The number of nitrogens with one attached hydrogen (secondary N) is 2. The van der Waals surface area contributed by atoms with Gasteiger partial charge in [-0.2, -0.15) is 0 Å². The number of anilines is 1. The molecule has 2 heterocycles. The molecule has 2 aromatic carbocycles. The van der Waals surface area contributed by atoms with Crippen molar-refractivity contribution in [2.45, 2.75) is 31.5 Å². The van der Waals surface area contributed by atoms with E-state index in [-0.39, 0.29) is 34.8 Å². The van der Waals surface area contributed by atoms with Crippen molar-refractivity contribution in [3.63, 3.8) is 0 Å². The Morgan fingerprint density at radius 2 is 1.95 bits per heavy atom. The second-order valence-electron chi connectivity index (χ2n) is 9.28. The SMILES string of the molecule is [B]=C(Nc1cc(C(F)(F)F)nc2ccc(Cl)cc12)[C@@H]1CC[C@H](NC(=O)c2cc3cc(OC)ccc3o2)C(=O)C1. The molecule has 0 aliphatic heterocycles. The van der Waals surface area contributed by atoms with Crippen molar-refractivity contribution >= 4 is 63.9 Å². The molecule has 1 radical (unpaired) electrons. The van der Waals surface area contributed by atoms with Gasteiger partial charge < -0.3 is 4.74 Å². The number of pyridine rings is 1. The zero-order valence-corrected chi connectivity index (χ0v) is 21.3. The van der Waals surface area contributed by atoms with Gasteiger partial charge in [-0.3, -0.25) is 0 Å². The zero-order valence-electron chi connectivity index (χ0n) is 20.6. The number of hydrogen-bond donors (Lipinski definition) is 2. The Balaban J connectivity index is 1.27. The molecule has 0 saturated heterocycles. The van der Waals surface area contributed by atoms with Crippen LogP contribution in [-0.4, -0.2) is 42.9 Å². The second kappa shape index (κ2) is 10.4. The number of benzene rings is 2. The maximum atomic E-state index is 13.4. The van der Waals surface area contributed by atoms with Gasteiger partial charge in [0.25, 0.3) is 0 Å². The van der Waals surface area contributed by atoms with Gasteiger partial charge in [0.1, 0.15) is 0 Å². The standard InChI is InChI=1S/C27H21BClF3N3O4/c1-38-16-4-7-22-14(8-16)10-23(39-22)26(37)35-19-5-2-13(9-21(19)36)25(28)34-20-12-24(27(30,31)32)33-18-6-3-15(29)11-17(18)20/h3-4,6-8,10-13,19H,2,5,9H2,1H3,(H,33,34)(H,35,37)/t13-,19+/m1/s1. The summed E-state index contributed by atoms with van der Waals surface area (Å²) in [7, 11) is 7.77. The number of rotatable bonds is 6. The molecule has 0 bridgehead atoms. The molecule has 2 atom stereocenters. The van der Waals surface area contributed by atoms with Gasteiger partial charge in [-0.05, 0) is 0 Å². The first-order chi connectivity index (χ1) is 18.5. The fraction of sp³-hybridized carbons (Fsp3) is 0.259. The zero-order chi connectivity index (χ0) is 27.9. The Morgan fingerprint density at radius 3 is 2.67 bits per heavy atom. The fourth-order valence-corrected chi connectivity index (χ4v) is 4.80. The number of fused-ring (bicyclic) bond motifs is 2. The summed E-state index contributed by atoms with van der Waals surface area (Å²) in [5.74, 6) is -0.563. The first-order valence-corrected chi connectivity index (χ1v) is 12.4. The number of ether oxygens (including phenoxy) is 1. The molecule has 4 aromatic rings. The molecule has 199 valence electrons. The number of carbonyl (C=O) groups is 2. The number of hydrogen-bond acceptors (Lipinski definition) is 6. The van der Waals surface area contributed by atoms with Gasteiger partial charge in [0, 0.05) is 0 Å². The third kappa shape index (κ3) is 5.63. The average Bonchev–Trinajstić information content (AvgIpc) is 3.33. The number of alkyl halides is 3. The normalized spacial score (nSPS) is 17.8. The first kappa shape index (κ1) is 26.7. The van der Waals surface area contributed by atoms with Crippen molar-refractivity contribution in [2.24, 2.45) is 5.92 Å². The summed E-state index contributed by atoms with van der Waals surface area (Å²) in [6.07, 6.45) is -3.96. The van der Waals surface area contributed by atoms with E-state index in [0.29, 0.717) is 40.0 Å². The van der Waals surface area contributed by atoms with E-state index >= 15 is 0 Å². The summed E-state index contributed by atoms with van der Waals surface area (Å²) >= 11 is 6.06. The van der Waals surface area contributed by atoms with E-state index in [0.717, 1.165) is 6.07 Å². The number of methoxy groups -OCH3 is 1. The summed E-state index contributed by atoms with van der Waals surface area (Å²) in [6, 6.07) is 11.1. The Kier molecular flexibility index (Phi) is 7.11. The molecule has 0 unspecified atom stereocenters. The Bertz CT molecular complexity index is 1620. The van der Waals surface area contributed by atoms with Gasteiger partial charge >= 0.3 is 215 Å². The average molecular weight is 555 g/mol. The molecule has 1 aliphatic rings. The summed E-state index contributed by atoms with van der Waals surface area (Å²) in [5, 5.41) is 6.92. The molecule has 1 aliphatic carbocycles. The number of halogens is 4. The molecule has 2 N–H and O–H groups in total. The van der Waals surface area contributed by atoms with E-state index in [1.807, 2.05) is 0 Å². The van der Waals surface area contributed by atoms with Crippen molar-refractivity contribution in [1.29, 1.82) is 0 Å². The summed E-state index contributed by atoms with van der Waals surface area (Å²) < 4.78 is 51.1. The third-order valence-electron chi connectivity index (χ3n) is 6.67. The molecule has 1 saturated carbocycles. The quantitative estimate of drug-likeness (QED) is 0.304. The van der Waals surface area contributed by atoms with Crippen LogP contribution in [0, 0.1) is 5.92 Å². The molecule has 12 heteroatoms. The Hall–Kier alpha value is -3.86. The van der Waals surface area contributed by atoms with E-state index in [2.05, 4.69) is 15.6 Å². The summed E-state index contributed by atoms with van der Waals surface area (Å²) in [4.78, 5) is 29.3. The molecule has 1 fully saturated rings. The van der Waals surface area contributed by atoms with Crippen LogP contribution in [0.15, 0.2) is 52.9 Å². The van der Waals surface area contributed by atoms with Crippen LogP contribution in [0.5, 0.6) is 5.75 Å². The first-order valence-electron chi connectivity index (χ1n) is 12.0. The van der Waals surface area contributed by atoms with E-state index in [1.165, 1.54) is 25.3 Å². The van der Waals surface area contributed by atoms with Crippen molar-refractivity contribution in [2.75, 3.05) is 12.4 Å². The number of furan rings is 1. The van der Waals surface area contributed by atoms with Gasteiger partial charge in [0.05, 0.1) is 7.11 Å². The van der Waals surface area contributed by atoms with Crippen LogP contribution in [0.3, 0.4) is 0 Å². The molecule has 5 rings (SSSR count). The van der Waals surface area contributed by atoms with Crippen molar-refractivity contribution in [3.8, 4) is 5.75 Å². The van der Waals surface area contributed by atoms with E-state index in [1.54, 1.807) is 24.3 Å². The van der Waals surface area contributed by atoms with Gasteiger partial charge in [0.2, 0.25) is 0 Å². The molecular weight excluding hydrogens is 534 g/mol. The molecule has 7 nitrogen and oxygen atoms in total. The minimum absolute atomic E-state index is 0.00297. The van der Waals surface area contributed by atoms with Gasteiger partial charge in [-0.15, -0.1) is 0 Å². The predicted molar refractivity (Wildman–Crippen MR) is 143 cm³/mol. The van der Waals surface area contributed by atoms with Crippen molar-refractivity contribution in [3.05, 3.63) is 65.0 Å². The molecule has 0 spiro atoms. The number of Topliss-reactive ketones (excluding diaryl/α,β-unsaturated/α-hetero) is 1. The molecule has 1 amide bonds. The van der Waals surface area contributed by atoms with E-state index < -0.39 is 29.7 Å². The van der Waals surface area contributed by atoms with Crippen LogP contribution in [-0.2, 0) is 11.0 Å². The van der Waals surface area contributed by atoms with Crippen LogP contribution in [0.25, 0.3) is 21.9 Å². The van der Waals surface area contributed by atoms with Crippen molar-refractivity contribution in [1.82, 2.24) is 10.3 Å². The van der Waals surface area contributed by atoms with E-state index in [9.17, 15) is 22.8 Å². The van der Waals surface area contributed by atoms with E-state index in [4.69, 9.17) is 28.2 Å². The Morgan fingerprint density at radius 1 is 1.15 bits per heavy atom. The van der Waals surface area contributed by atoms with Crippen molar-refractivity contribution < 1.29 is 31.9 Å². The topological polar surface area (TPSA) is 93.5 Å². The van der Waals surface area contributed by atoms with Crippen LogP contribution in [0.1, 0.15) is 35.5 Å². The number of carbonyl (C=O) groups excluding carboxylic acids is 2. The number of amides is 1. The van der Waals surface area contributed by atoms with Gasteiger partial charge in [-0.1, -0.05) is 0 Å². The summed E-state index contributed by atoms with van der Waals surface area (Å²) in [6.45, 7) is 0. The number of nitrogens with zero attached hydrogens (tertiary/aromatic N) is 1. The number of ketones is 1. The second-order valence-corrected chi connectivity index (χ2v) is 9.72. The van der Waals surface area contributed by atoms with Gasteiger partial charge in [0.15, 0.2) is 0 Å². The summed E-state index contributed by atoms with van der Waals surface area (Å²) in [5.41, 5.74) is -0.269. The molecule has 2 aromatic heterocycles. The minimum atomic E-state index is -4.67. The fourth-order valence-electron chi connectivity index (χ4n) is 4.63. The monoisotopic (exact) mass is 554 g/mol. The Labute approximate surface area is 226 Å². The van der Waals surface area contributed by atoms with Crippen LogP contribution in [0.2, 0.25) is 5.02 Å². The van der Waals surface area contributed by atoms with Gasteiger partial charge in [-0.25, -0.2) is 0 Å². The maximum absolute atomic E-state index is 13.4. The molecular formula is C27H21BClF3N3O4. The van der Waals surface area contributed by atoms with Crippen LogP contribution < -0.4 is 15.4 Å². The molecule has 39 heavy (non-hydrogen) atoms. The third-order valence-corrected chi connectivity index (χ3v) is 6.91. The predicted octanol–water partition coefficient (Wildman–Crippen LogP) is 5.54. The van der Waals surface area contributed by atoms with Crippen LogP contribution in [0.4, 0.5) is 18.9 Å².